The Morgan fingerprint density at radius 3 is 2.60 bits per heavy atom. The van der Waals surface area contributed by atoms with Crippen LogP contribution in [0.15, 0.2) is 28.7 Å². The molecule has 0 aliphatic heterocycles. The summed E-state index contributed by atoms with van der Waals surface area (Å²) in [5.41, 5.74) is 0.340. The van der Waals surface area contributed by atoms with E-state index >= 15 is 0 Å². The molecule has 0 saturated heterocycles. The van der Waals surface area contributed by atoms with Crippen molar-refractivity contribution < 1.29 is 4.79 Å². The zero-order valence-electron chi connectivity index (χ0n) is 11.4. The number of para-hydroxylation sites is 1. The van der Waals surface area contributed by atoms with Gasteiger partial charge < -0.3 is 10.6 Å². The molecule has 0 heterocycles. The summed E-state index contributed by atoms with van der Waals surface area (Å²) in [6.45, 7) is 0. The van der Waals surface area contributed by atoms with Crippen molar-refractivity contribution >= 4 is 27.5 Å². The summed E-state index contributed by atoms with van der Waals surface area (Å²) in [6.07, 6.45) is 2.91. The first kappa shape index (κ1) is 15.0. The molecule has 2 N–H and O–H groups in total. The van der Waals surface area contributed by atoms with E-state index in [-0.39, 0.29) is 11.8 Å². The van der Waals surface area contributed by atoms with Crippen molar-refractivity contribution in [3.63, 3.8) is 0 Å². The Morgan fingerprint density at radius 1 is 1.40 bits per heavy atom. The van der Waals surface area contributed by atoms with Gasteiger partial charge in [0.05, 0.1) is 11.8 Å². The molecule has 0 atom stereocenters. The van der Waals surface area contributed by atoms with Crippen molar-refractivity contribution in [1.29, 1.82) is 5.26 Å². The first-order chi connectivity index (χ1) is 9.60. The Hall–Kier alpha value is -1.38. The van der Waals surface area contributed by atoms with Crippen LogP contribution in [0.5, 0.6) is 0 Å². The van der Waals surface area contributed by atoms with E-state index in [2.05, 4.69) is 32.6 Å². The van der Waals surface area contributed by atoms with E-state index in [1.165, 1.54) is 0 Å². The van der Waals surface area contributed by atoms with Gasteiger partial charge in [-0.1, -0.05) is 12.1 Å². The largest absolute Gasteiger partial charge is 0.325 e. The third kappa shape index (κ3) is 3.20. The molecule has 0 bridgehead atoms. The maximum absolute atomic E-state index is 12.3. The van der Waals surface area contributed by atoms with Gasteiger partial charge in [-0.2, -0.15) is 5.26 Å². The van der Waals surface area contributed by atoms with E-state index < -0.39 is 5.54 Å². The Balaban J connectivity index is 1.96. The van der Waals surface area contributed by atoms with Gasteiger partial charge in [0.15, 0.2) is 0 Å². The van der Waals surface area contributed by atoms with Gasteiger partial charge in [0.2, 0.25) is 5.91 Å². The molecule has 1 aromatic carbocycles. The molecule has 2 rings (SSSR count). The third-order valence-electron chi connectivity index (χ3n) is 4.03. The number of benzene rings is 1. The Kier molecular flexibility index (Phi) is 4.79. The molecule has 1 saturated carbocycles. The molecule has 106 valence electrons. The summed E-state index contributed by atoms with van der Waals surface area (Å²) in [7, 11) is 1.81. The number of carbonyl (C=O) groups is 1. The first-order valence-corrected chi connectivity index (χ1v) is 7.55. The molecule has 5 heteroatoms. The number of rotatable bonds is 3. The molecule has 0 aromatic heterocycles. The van der Waals surface area contributed by atoms with Crippen molar-refractivity contribution in [1.82, 2.24) is 5.32 Å². The third-order valence-corrected chi connectivity index (χ3v) is 4.73. The van der Waals surface area contributed by atoms with Gasteiger partial charge in [-0.25, -0.2) is 0 Å². The smallest absolute Gasteiger partial charge is 0.227 e. The quantitative estimate of drug-likeness (QED) is 0.892. The fourth-order valence-corrected chi connectivity index (χ4v) is 2.97. The minimum Gasteiger partial charge on any atom is -0.325 e. The summed E-state index contributed by atoms with van der Waals surface area (Å²) in [5, 5.41) is 15.3. The first-order valence-electron chi connectivity index (χ1n) is 6.76. The lowest BCUT2D eigenvalue weighted by Gasteiger charge is -2.34. The van der Waals surface area contributed by atoms with Crippen LogP contribution in [0.2, 0.25) is 0 Å². The zero-order valence-corrected chi connectivity index (χ0v) is 13.0. The highest BCUT2D eigenvalue weighted by Crippen LogP contribution is 2.32. The van der Waals surface area contributed by atoms with E-state index in [0.717, 1.165) is 23.0 Å². The summed E-state index contributed by atoms with van der Waals surface area (Å²) in [5.74, 6) is 0.0245. The maximum atomic E-state index is 12.3. The molecule has 1 amide bonds. The molecule has 1 aliphatic rings. The van der Waals surface area contributed by atoms with Crippen LogP contribution in [-0.4, -0.2) is 18.5 Å². The van der Waals surface area contributed by atoms with Gasteiger partial charge in [0.1, 0.15) is 5.54 Å². The Morgan fingerprint density at radius 2 is 2.05 bits per heavy atom. The number of halogens is 1. The maximum Gasteiger partial charge on any atom is 0.227 e. The molecule has 20 heavy (non-hydrogen) atoms. The van der Waals surface area contributed by atoms with Crippen LogP contribution in [0.1, 0.15) is 25.7 Å². The number of amides is 1. The summed E-state index contributed by atoms with van der Waals surface area (Å²) in [6, 6.07) is 9.91. The zero-order chi connectivity index (χ0) is 14.6. The molecule has 0 radical (unpaired) electrons. The second-order valence-corrected chi connectivity index (χ2v) is 6.04. The molecule has 4 nitrogen and oxygen atoms in total. The van der Waals surface area contributed by atoms with Gasteiger partial charge in [-0.05, 0) is 60.8 Å². The molecule has 1 aliphatic carbocycles. The number of carbonyl (C=O) groups excluding carboxylic acids is 1. The number of nitriles is 1. The van der Waals surface area contributed by atoms with Crippen molar-refractivity contribution in [3.8, 4) is 6.07 Å². The molecular formula is C15H18BrN3O. The summed E-state index contributed by atoms with van der Waals surface area (Å²) in [4.78, 5) is 12.3. The highest BCUT2D eigenvalue weighted by molar-refractivity contribution is 9.10. The SMILES string of the molecule is CNC1(C#N)CCC(C(=O)Nc2ccccc2Br)CC1. The lowest BCUT2D eigenvalue weighted by atomic mass is 9.77. The van der Waals surface area contributed by atoms with Crippen LogP contribution >= 0.6 is 15.9 Å². The molecule has 1 aromatic rings. The van der Waals surface area contributed by atoms with E-state index in [1.807, 2.05) is 31.3 Å². The van der Waals surface area contributed by atoms with Gasteiger partial charge in [-0.15, -0.1) is 0 Å². The van der Waals surface area contributed by atoms with Gasteiger partial charge in [0.25, 0.3) is 0 Å². The standard InChI is InChI=1S/C15H18BrN3O/c1-18-15(10-17)8-6-11(7-9-15)14(20)19-13-5-3-2-4-12(13)16/h2-5,11,18H,6-9H2,1H3,(H,19,20). The van der Waals surface area contributed by atoms with Crippen LogP contribution in [0.25, 0.3) is 0 Å². The van der Waals surface area contributed by atoms with Crippen molar-refractivity contribution in [2.75, 3.05) is 12.4 Å². The van der Waals surface area contributed by atoms with Crippen LogP contribution in [0.4, 0.5) is 5.69 Å². The second-order valence-electron chi connectivity index (χ2n) is 5.19. The number of hydrogen-bond acceptors (Lipinski definition) is 3. The second kappa shape index (κ2) is 6.38. The van der Waals surface area contributed by atoms with Gasteiger partial charge in [0, 0.05) is 10.4 Å². The highest BCUT2D eigenvalue weighted by atomic mass is 79.9. The normalized spacial score (nSPS) is 25.8. The van der Waals surface area contributed by atoms with Crippen molar-refractivity contribution in [2.45, 2.75) is 31.2 Å². The van der Waals surface area contributed by atoms with Crippen LogP contribution < -0.4 is 10.6 Å². The Bertz CT molecular complexity index is 530. The fourth-order valence-electron chi connectivity index (χ4n) is 2.59. The molecule has 1 fully saturated rings. The van der Waals surface area contributed by atoms with E-state index in [0.29, 0.717) is 12.8 Å². The lowest BCUT2D eigenvalue weighted by molar-refractivity contribution is -0.121. The van der Waals surface area contributed by atoms with Crippen LogP contribution in [0.3, 0.4) is 0 Å². The van der Waals surface area contributed by atoms with E-state index in [9.17, 15) is 10.1 Å². The molecule has 0 unspecified atom stereocenters. The predicted molar refractivity (Wildman–Crippen MR) is 82.1 cm³/mol. The minimum atomic E-state index is -0.454. The minimum absolute atomic E-state index is 0.0167. The van der Waals surface area contributed by atoms with Crippen molar-refractivity contribution in [3.05, 3.63) is 28.7 Å². The highest BCUT2D eigenvalue weighted by Gasteiger charge is 2.36. The average molecular weight is 336 g/mol. The van der Waals surface area contributed by atoms with Gasteiger partial charge >= 0.3 is 0 Å². The topological polar surface area (TPSA) is 64.9 Å². The predicted octanol–water partition coefficient (Wildman–Crippen LogP) is 3.06. The van der Waals surface area contributed by atoms with Crippen molar-refractivity contribution in [2.24, 2.45) is 5.92 Å². The fraction of sp³-hybridized carbons (Fsp3) is 0.467. The Labute approximate surface area is 127 Å². The summed E-state index contributed by atoms with van der Waals surface area (Å²) < 4.78 is 0.880. The molecular weight excluding hydrogens is 318 g/mol. The summed E-state index contributed by atoms with van der Waals surface area (Å²) >= 11 is 3.42. The number of hydrogen-bond donors (Lipinski definition) is 2. The van der Waals surface area contributed by atoms with E-state index in [4.69, 9.17) is 0 Å². The average Bonchev–Trinajstić information content (AvgIpc) is 2.49. The number of nitrogens with one attached hydrogen (secondary N) is 2. The number of anilines is 1. The van der Waals surface area contributed by atoms with Crippen LogP contribution in [-0.2, 0) is 4.79 Å². The number of nitrogens with zero attached hydrogens (tertiary/aromatic N) is 1. The molecule has 0 spiro atoms. The lowest BCUT2D eigenvalue weighted by Crippen LogP contribution is -2.46. The van der Waals surface area contributed by atoms with Gasteiger partial charge in [-0.3, -0.25) is 4.79 Å². The van der Waals surface area contributed by atoms with Crippen LogP contribution in [0, 0.1) is 17.2 Å². The van der Waals surface area contributed by atoms with E-state index in [1.54, 1.807) is 0 Å². The monoisotopic (exact) mass is 335 g/mol.